The van der Waals surface area contributed by atoms with Gasteiger partial charge in [-0.05, 0) is 37.2 Å². The number of hydrogen-bond donors (Lipinski definition) is 1. The SMILES string of the molecule is CCSC1=C(C(=O)O)C(C)=CC(N2CCOCC2)N1CCCCC#N. The molecule has 0 radical (unpaired) electrons. The van der Waals surface area contributed by atoms with Crippen molar-refractivity contribution in [3.05, 3.63) is 22.3 Å². The third kappa shape index (κ3) is 5.00. The molecule has 2 aliphatic rings. The van der Waals surface area contributed by atoms with Crippen molar-refractivity contribution in [3.63, 3.8) is 0 Å². The second-order valence-corrected chi connectivity index (χ2v) is 7.39. The Kier molecular flexibility index (Phi) is 7.82. The maximum absolute atomic E-state index is 11.8. The molecule has 0 aromatic heterocycles. The lowest BCUT2D eigenvalue weighted by Gasteiger charge is -2.44. The van der Waals surface area contributed by atoms with Gasteiger partial charge >= 0.3 is 5.97 Å². The van der Waals surface area contributed by atoms with Crippen LogP contribution < -0.4 is 0 Å². The van der Waals surface area contributed by atoms with E-state index in [0.717, 1.165) is 48.8 Å². The Bertz CT molecular complexity index is 577. The molecule has 0 aliphatic carbocycles. The summed E-state index contributed by atoms with van der Waals surface area (Å²) in [5, 5.41) is 19.3. The van der Waals surface area contributed by atoms with E-state index in [1.807, 2.05) is 13.8 Å². The van der Waals surface area contributed by atoms with Gasteiger partial charge in [0.1, 0.15) is 6.17 Å². The van der Waals surface area contributed by atoms with Crippen LogP contribution in [0.1, 0.15) is 33.1 Å². The molecule has 2 rings (SSSR count). The highest BCUT2D eigenvalue weighted by Crippen LogP contribution is 2.36. The first-order valence-electron chi connectivity index (χ1n) is 8.84. The third-order valence-corrected chi connectivity index (χ3v) is 5.44. The van der Waals surface area contributed by atoms with E-state index in [0.29, 0.717) is 25.2 Å². The largest absolute Gasteiger partial charge is 0.478 e. The average molecular weight is 365 g/mol. The number of rotatable bonds is 8. The van der Waals surface area contributed by atoms with Gasteiger partial charge in [-0.3, -0.25) is 4.90 Å². The highest BCUT2D eigenvalue weighted by Gasteiger charge is 2.34. The lowest BCUT2D eigenvalue weighted by molar-refractivity contribution is -0.132. The molecule has 7 heteroatoms. The monoisotopic (exact) mass is 365 g/mol. The maximum atomic E-state index is 11.8. The molecule has 1 saturated heterocycles. The molecule has 2 heterocycles. The van der Waals surface area contributed by atoms with Gasteiger partial charge in [0.2, 0.25) is 0 Å². The number of hydrogen-bond acceptors (Lipinski definition) is 6. The summed E-state index contributed by atoms with van der Waals surface area (Å²) in [6, 6.07) is 2.18. The van der Waals surface area contributed by atoms with Gasteiger partial charge in [-0.1, -0.05) is 6.92 Å². The predicted octanol–water partition coefficient (Wildman–Crippen LogP) is 2.65. The lowest BCUT2D eigenvalue weighted by atomic mass is 10.0. The van der Waals surface area contributed by atoms with Crippen molar-refractivity contribution < 1.29 is 14.6 Å². The molecule has 0 spiro atoms. The molecule has 138 valence electrons. The van der Waals surface area contributed by atoms with Crippen molar-refractivity contribution >= 4 is 17.7 Å². The summed E-state index contributed by atoms with van der Waals surface area (Å²) in [7, 11) is 0. The summed E-state index contributed by atoms with van der Waals surface area (Å²) in [5.41, 5.74) is 1.24. The zero-order valence-corrected chi connectivity index (χ0v) is 15.8. The Morgan fingerprint density at radius 1 is 1.44 bits per heavy atom. The fraction of sp³-hybridized carbons (Fsp3) is 0.667. The van der Waals surface area contributed by atoms with E-state index in [4.69, 9.17) is 10.00 Å². The Morgan fingerprint density at radius 3 is 2.76 bits per heavy atom. The molecule has 1 atom stereocenters. The normalized spacial score (nSPS) is 21.9. The minimum absolute atomic E-state index is 0.0585. The molecular formula is C18H27N3O3S. The summed E-state index contributed by atoms with van der Waals surface area (Å²) >= 11 is 1.59. The Hall–Kier alpha value is -1.49. The van der Waals surface area contributed by atoms with Gasteiger partial charge in [0.25, 0.3) is 0 Å². The Morgan fingerprint density at radius 2 is 2.16 bits per heavy atom. The van der Waals surface area contributed by atoms with Gasteiger partial charge in [0, 0.05) is 26.1 Å². The average Bonchev–Trinajstić information content (AvgIpc) is 2.60. The van der Waals surface area contributed by atoms with E-state index >= 15 is 0 Å². The van der Waals surface area contributed by atoms with Crippen LogP contribution in [0, 0.1) is 11.3 Å². The Balaban J connectivity index is 2.30. The molecule has 1 unspecified atom stereocenters. The maximum Gasteiger partial charge on any atom is 0.338 e. The lowest BCUT2D eigenvalue weighted by Crippen LogP contribution is -2.52. The minimum Gasteiger partial charge on any atom is -0.478 e. The number of carboxylic acid groups (broad SMARTS) is 1. The van der Waals surface area contributed by atoms with Crippen molar-refractivity contribution in [2.24, 2.45) is 0 Å². The van der Waals surface area contributed by atoms with Crippen LogP contribution in [-0.4, -0.2) is 65.6 Å². The van der Waals surface area contributed by atoms with Crippen LogP contribution in [0.2, 0.25) is 0 Å². The van der Waals surface area contributed by atoms with E-state index in [9.17, 15) is 9.90 Å². The van der Waals surface area contributed by atoms with E-state index in [-0.39, 0.29) is 6.17 Å². The van der Waals surface area contributed by atoms with Crippen molar-refractivity contribution in [1.82, 2.24) is 9.80 Å². The number of aliphatic carboxylic acids is 1. The molecule has 0 saturated carbocycles. The number of carboxylic acids is 1. The van der Waals surface area contributed by atoms with Crippen LogP contribution in [0.3, 0.4) is 0 Å². The first kappa shape index (κ1) is 19.8. The molecule has 0 aromatic rings. The number of carbonyl (C=O) groups is 1. The number of nitriles is 1. The third-order valence-electron chi connectivity index (χ3n) is 4.44. The second-order valence-electron chi connectivity index (χ2n) is 6.14. The summed E-state index contributed by atoms with van der Waals surface area (Å²) < 4.78 is 5.47. The highest BCUT2D eigenvalue weighted by molar-refractivity contribution is 8.03. The first-order chi connectivity index (χ1) is 12.1. The van der Waals surface area contributed by atoms with Crippen molar-refractivity contribution in [3.8, 4) is 6.07 Å². The van der Waals surface area contributed by atoms with Gasteiger partial charge in [-0.15, -0.1) is 11.8 Å². The molecule has 2 aliphatic heterocycles. The number of unbranched alkanes of at least 4 members (excludes halogenated alkanes) is 2. The fourth-order valence-corrected chi connectivity index (χ4v) is 4.28. The van der Waals surface area contributed by atoms with Crippen LogP contribution in [0.15, 0.2) is 22.3 Å². The standard InChI is InChI=1S/C18H27N3O3S/c1-3-25-17-16(18(22)23)14(2)13-15(20-9-11-24-12-10-20)21(17)8-6-4-5-7-19/h13,15H,3-6,8-12H2,1-2H3,(H,22,23). The molecule has 0 aromatic carbocycles. The van der Waals surface area contributed by atoms with Crippen LogP contribution in [-0.2, 0) is 9.53 Å². The summed E-state index contributed by atoms with van der Waals surface area (Å²) in [6.45, 7) is 7.79. The Labute approximate surface area is 154 Å². The molecular weight excluding hydrogens is 338 g/mol. The number of ether oxygens (including phenoxy) is 1. The first-order valence-corrected chi connectivity index (χ1v) is 9.83. The van der Waals surface area contributed by atoms with E-state index in [1.165, 1.54) is 0 Å². The topological polar surface area (TPSA) is 76.8 Å². The van der Waals surface area contributed by atoms with E-state index < -0.39 is 5.97 Å². The fourth-order valence-electron chi connectivity index (χ4n) is 3.25. The zero-order chi connectivity index (χ0) is 18.2. The molecule has 25 heavy (non-hydrogen) atoms. The van der Waals surface area contributed by atoms with Crippen molar-refractivity contribution in [2.45, 2.75) is 39.3 Å². The van der Waals surface area contributed by atoms with Crippen molar-refractivity contribution in [1.29, 1.82) is 5.26 Å². The van der Waals surface area contributed by atoms with Crippen LogP contribution in [0.25, 0.3) is 0 Å². The summed E-state index contributed by atoms with van der Waals surface area (Å²) in [4.78, 5) is 16.4. The van der Waals surface area contributed by atoms with Gasteiger partial charge in [0.15, 0.2) is 0 Å². The number of morpholine rings is 1. The van der Waals surface area contributed by atoms with Gasteiger partial charge < -0.3 is 14.7 Å². The van der Waals surface area contributed by atoms with Crippen molar-refractivity contribution in [2.75, 3.05) is 38.6 Å². The molecule has 1 fully saturated rings. The van der Waals surface area contributed by atoms with Gasteiger partial charge in [-0.25, -0.2) is 4.79 Å². The van der Waals surface area contributed by atoms with Gasteiger partial charge in [-0.2, -0.15) is 5.26 Å². The molecule has 1 N–H and O–H groups in total. The van der Waals surface area contributed by atoms with Crippen LogP contribution >= 0.6 is 11.8 Å². The quantitative estimate of drug-likeness (QED) is 0.663. The minimum atomic E-state index is -0.868. The van der Waals surface area contributed by atoms with E-state index in [1.54, 1.807) is 11.8 Å². The predicted molar refractivity (Wildman–Crippen MR) is 98.9 cm³/mol. The number of nitrogens with zero attached hydrogens (tertiary/aromatic N) is 3. The highest BCUT2D eigenvalue weighted by atomic mass is 32.2. The number of thioether (sulfide) groups is 1. The molecule has 6 nitrogen and oxygen atoms in total. The smallest absolute Gasteiger partial charge is 0.338 e. The molecule has 0 bridgehead atoms. The zero-order valence-electron chi connectivity index (χ0n) is 15.0. The van der Waals surface area contributed by atoms with E-state index in [2.05, 4.69) is 21.9 Å². The summed E-state index contributed by atoms with van der Waals surface area (Å²) in [6.07, 6.45) is 4.37. The second kappa shape index (κ2) is 9.85. The summed E-state index contributed by atoms with van der Waals surface area (Å²) in [5.74, 6) is -0.0450. The van der Waals surface area contributed by atoms with Crippen LogP contribution in [0.4, 0.5) is 0 Å². The molecule has 0 amide bonds. The van der Waals surface area contributed by atoms with Crippen LogP contribution in [0.5, 0.6) is 0 Å². The van der Waals surface area contributed by atoms with Gasteiger partial charge in [0.05, 0.1) is 29.9 Å².